The lowest BCUT2D eigenvalue weighted by Gasteiger charge is -2.44. The number of carbonyl (C=O) groups is 1. The summed E-state index contributed by atoms with van der Waals surface area (Å²) in [5.41, 5.74) is 0.718. The van der Waals surface area contributed by atoms with Gasteiger partial charge in [0.1, 0.15) is 28.5 Å². The van der Waals surface area contributed by atoms with Crippen molar-refractivity contribution in [3.05, 3.63) is 34.3 Å². The molecule has 1 amide bonds. The zero-order valence-electron chi connectivity index (χ0n) is 17.7. The maximum Gasteiger partial charge on any atom is 0.219 e. The van der Waals surface area contributed by atoms with Crippen molar-refractivity contribution in [2.75, 3.05) is 19.6 Å². The molecule has 0 bridgehead atoms. The van der Waals surface area contributed by atoms with Crippen LogP contribution >= 0.6 is 11.3 Å². The third kappa shape index (κ3) is 4.20. The Morgan fingerprint density at radius 1 is 1.13 bits per heavy atom. The van der Waals surface area contributed by atoms with Crippen LogP contribution in [0.4, 0.5) is 8.78 Å². The number of ether oxygens (including phenoxy) is 1. The highest BCUT2D eigenvalue weighted by molar-refractivity contribution is 7.15. The Bertz CT molecular complexity index is 960. The molecule has 166 valence electrons. The van der Waals surface area contributed by atoms with Crippen LogP contribution in [0.25, 0.3) is 10.6 Å². The number of piperidine rings is 1. The van der Waals surface area contributed by atoms with E-state index >= 15 is 0 Å². The van der Waals surface area contributed by atoms with Crippen molar-refractivity contribution >= 4 is 17.2 Å². The zero-order chi connectivity index (χ0) is 21.5. The molecule has 1 aromatic carbocycles. The molecule has 3 aliphatic rings. The second-order valence-corrected chi connectivity index (χ2v) is 9.89. The third-order valence-corrected chi connectivity index (χ3v) is 7.79. The number of halogens is 2. The highest BCUT2D eigenvalue weighted by atomic mass is 32.1. The van der Waals surface area contributed by atoms with Crippen LogP contribution in [-0.2, 0) is 17.8 Å². The Kier molecular flexibility index (Phi) is 5.69. The number of carbonyl (C=O) groups excluding carboxylic acids is 1. The van der Waals surface area contributed by atoms with Crippen molar-refractivity contribution in [2.24, 2.45) is 0 Å². The molecule has 1 saturated heterocycles. The van der Waals surface area contributed by atoms with Crippen molar-refractivity contribution < 1.29 is 18.3 Å². The lowest BCUT2D eigenvalue weighted by molar-refractivity contribution is -0.129. The maximum absolute atomic E-state index is 14.9. The summed E-state index contributed by atoms with van der Waals surface area (Å²) < 4.78 is 35.6. The minimum Gasteiger partial charge on any atom is -0.490 e. The van der Waals surface area contributed by atoms with Gasteiger partial charge >= 0.3 is 0 Å². The van der Waals surface area contributed by atoms with Gasteiger partial charge in [0.05, 0.1) is 17.8 Å². The number of benzene rings is 1. The fraction of sp³-hybridized carbons (Fsp3) is 0.565. The van der Waals surface area contributed by atoms with E-state index in [1.807, 2.05) is 0 Å². The summed E-state index contributed by atoms with van der Waals surface area (Å²) in [5.74, 6) is -1.07. The average molecular weight is 448 g/mol. The minimum absolute atomic E-state index is 0.00187. The monoisotopic (exact) mass is 447 g/mol. The highest BCUT2D eigenvalue weighted by Gasteiger charge is 2.36. The lowest BCUT2D eigenvalue weighted by Crippen LogP contribution is -2.50. The average Bonchev–Trinajstić information content (AvgIpc) is 3.13. The van der Waals surface area contributed by atoms with Crippen LogP contribution in [0.5, 0.6) is 5.75 Å². The van der Waals surface area contributed by atoms with Crippen LogP contribution in [0.3, 0.4) is 0 Å². The van der Waals surface area contributed by atoms with E-state index in [2.05, 4.69) is 9.88 Å². The van der Waals surface area contributed by atoms with Gasteiger partial charge in [0.2, 0.25) is 5.91 Å². The number of amides is 1. The smallest absolute Gasteiger partial charge is 0.219 e. The molecule has 0 unspecified atom stereocenters. The summed E-state index contributed by atoms with van der Waals surface area (Å²) in [5, 5.41) is 0.325. The molecule has 2 aliphatic heterocycles. The van der Waals surface area contributed by atoms with E-state index < -0.39 is 11.6 Å². The molecule has 2 fully saturated rings. The largest absolute Gasteiger partial charge is 0.490 e. The van der Waals surface area contributed by atoms with Crippen LogP contribution in [0.1, 0.15) is 49.6 Å². The van der Waals surface area contributed by atoms with Gasteiger partial charge in [-0.05, 0) is 25.9 Å². The molecule has 8 heteroatoms. The van der Waals surface area contributed by atoms with Gasteiger partial charge in [0.25, 0.3) is 0 Å². The molecule has 2 aromatic rings. The quantitative estimate of drug-likeness (QED) is 0.698. The normalized spacial score (nSPS) is 23.9. The standard InChI is InChI=1S/C23H27F2N3O2S/c1-14(29)28-8-5-20-21(13-28)31-23(26-20)22-18(24)11-17(12-19(22)25)30-16-9-15(10-16)27-6-3-2-4-7-27/h11-12,15-16H,2-10,13H2,1H3/t15-,16-. The van der Waals surface area contributed by atoms with Crippen molar-refractivity contribution in [1.29, 1.82) is 0 Å². The molecule has 31 heavy (non-hydrogen) atoms. The molecule has 0 N–H and O–H groups in total. The first-order chi connectivity index (χ1) is 15.0. The van der Waals surface area contributed by atoms with Gasteiger partial charge in [0, 0.05) is 55.8 Å². The Morgan fingerprint density at radius 3 is 2.52 bits per heavy atom. The van der Waals surface area contributed by atoms with E-state index in [-0.39, 0.29) is 23.3 Å². The summed E-state index contributed by atoms with van der Waals surface area (Å²) in [6.45, 7) is 4.87. The van der Waals surface area contributed by atoms with Gasteiger partial charge in [-0.15, -0.1) is 11.3 Å². The number of aromatic nitrogens is 1. The third-order valence-electron chi connectivity index (χ3n) is 6.69. The molecule has 5 rings (SSSR count). The zero-order valence-corrected chi connectivity index (χ0v) is 18.5. The van der Waals surface area contributed by atoms with Crippen molar-refractivity contribution in [2.45, 2.75) is 64.1 Å². The molecule has 5 nitrogen and oxygen atoms in total. The Hall–Kier alpha value is -2.06. The van der Waals surface area contributed by atoms with Crippen molar-refractivity contribution in [3.63, 3.8) is 0 Å². The van der Waals surface area contributed by atoms with Crippen molar-refractivity contribution in [3.8, 4) is 16.3 Å². The van der Waals surface area contributed by atoms with Crippen molar-refractivity contribution in [1.82, 2.24) is 14.8 Å². The van der Waals surface area contributed by atoms with Gasteiger partial charge in [-0.2, -0.15) is 0 Å². The molecule has 1 aromatic heterocycles. The predicted octanol–water partition coefficient (Wildman–Crippen LogP) is 4.39. The maximum atomic E-state index is 14.9. The van der Waals surface area contributed by atoms with Gasteiger partial charge in [-0.1, -0.05) is 6.42 Å². The number of nitrogens with zero attached hydrogens (tertiary/aromatic N) is 3. The van der Waals surface area contributed by atoms with E-state index in [9.17, 15) is 13.6 Å². The summed E-state index contributed by atoms with van der Waals surface area (Å²) >= 11 is 1.26. The highest BCUT2D eigenvalue weighted by Crippen LogP contribution is 2.37. The first-order valence-electron chi connectivity index (χ1n) is 11.1. The van der Waals surface area contributed by atoms with Crippen LogP contribution < -0.4 is 4.74 Å². The van der Waals surface area contributed by atoms with E-state index in [0.717, 1.165) is 36.5 Å². The van der Waals surface area contributed by atoms with Crippen LogP contribution in [0.2, 0.25) is 0 Å². The Balaban J connectivity index is 1.27. The lowest BCUT2D eigenvalue weighted by atomic mass is 9.86. The van der Waals surface area contributed by atoms with E-state index in [1.165, 1.54) is 49.7 Å². The van der Waals surface area contributed by atoms with Crippen LogP contribution in [0, 0.1) is 11.6 Å². The van der Waals surface area contributed by atoms with Gasteiger partial charge in [-0.3, -0.25) is 4.79 Å². The molecule has 1 aliphatic carbocycles. The molecule has 3 heterocycles. The predicted molar refractivity (Wildman–Crippen MR) is 115 cm³/mol. The SMILES string of the molecule is CC(=O)N1CCc2nc(-c3c(F)cc(O[C@H]4C[C@H](N5CCCCC5)C4)cc3F)sc2C1. The number of thiazole rings is 1. The minimum atomic E-state index is -0.656. The molecule has 0 spiro atoms. The van der Waals surface area contributed by atoms with E-state index in [1.54, 1.807) is 4.90 Å². The topological polar surface area (TPSA) is 45.7 Å². The summed E-state index contributed by atoms with van der Waals surface area (Å²) in [4.78, 5) is 21.2. The summed E-state index contributed by atoms with van der Waals surface area (Å²) in [7, 11) is 0. The fourth-order valence-corrected chi connectivity index (χ4v) is 5.97. The number of likely N-dealkylation sites (tertiary alicyclic amines) is 1. The summed E-state index contributed by atoms with van der Waals surface area (Å²) in [6.07, 6.45) is 6.27. The molecule has 0 radical (unpaired) electrons. The van der Waals surface area contributed by atoms with E-state index in [0.29, 0.717) is 30.6 Å². The van der Waals surface area contributed by atoms with Gasteiger partial charge < -0.3 is 14.5 Å². The van der Waals surface area contributed by atoms with Gasteiger partial charge in [0.15, 0.2) is 0 Å². The van der Waals surface area contributed by atoms with Gasteiger partial charge in [-0.25, -0.2) is 13.8 Å². The number of hydrogen-bond acceptors (Lipinski definition) is 5. The van der Waals surface area contributed by atoms with Crippen LogP contribution in [0.15, 0.2) is 12.1 Å². The molecular formula is C23H27F2N3O2S. The first kappa shape index (κ1) is 20.8. The first-order valence-corrected chi connectivity index (χ1v) is 11.9. The number of hydrogen-bond donors (Lipinski definition) is 0. The fourth-order valence-electron chi connectivity index (χ4n) is 4.80. The number of rotatable bonds is 4. The van der Waals surface area contributed by atoms with Crippen LogP contribution in [-0.4, -0.2) is 52.5 Å². The van der Waals surface area contributed by atoms with E-state index in [4.69, 9.17) is 4.74 Å². The summed E-state index contributed by atoms with van der Waals surface area (Å²) in [6, 6.07) is 3.08. The number of fused-ring (bicyclic) bond motifs is 1. The molecule has 1 saturated carbocycles. The second-order valence-electron chi connectivity index (χ2n) is 8.80. The molecule has 0 atom stereocenters. The Morgan fingerprint density at radius 2 is 1.84 bits per heavy atom. The second kappa shape index (κ2) is 8.47. The Labute approximate surface area is 185 Å². The molecular weight excluding hydrogens is 420 g/mol.